The Bertz CT molecular complexity index is 1160. The Balaban J connectivity index is 2.16. The Morgan fingerprint density at radius 2 is 1.08 bits per heavy atom. The lowest BCUT2D eigenvalue weighted by Crippen LogP contribution is -2.30. The van der Waals surface area contributed by atoms with Gasteiger partial charge in [-0.15, -0.1) is 0 Å². The van der Waals surface area contributed by atoms with E-state index in [1.54, 1.807) is 18.2 Å². The number of hydrogen-bond donors (Lipinski definition) is 0. The van der Waals surface area contributed by atoms with E-state index in [0.717, 1.165) is 16.3 Å². The molecule has 25 heavy (non-hydrogen) atoms. The summed E-state index contributed by atoms with van der Waals surface area (Å²) in [5, 5.41) is 3.13. The van der Waals surface area contributed by atoms with Crippen molar-refractivity contribution in [2.45, 2.75) is 6.54 Å². The van der Waals surface area contributed by atoms with Gasteiger partial charge in [0.25, 0.3) is 11.1 Å². The molecule has 122 valence electrons. The molecule has 0 spiro atoms. The van der Waals surface area contributed by atoms with Gasteiger partial charge in [-0.2, -0.15) is 0 Å². The number of benzene rings is 3. The number of fused-ring (bicyclic) bond motifs is 3. The normalized spacial score (nSPS) is 11.1. The molecule has 0 amide bonds. The Labute approximate surface area is 148 Å². The van der Waals surface area contributed by atoms with Crippen LogP contribution in [-0.4, -0.2) is 4.57 Å². The first-order valence-corrected chi connectivity index (χ1v) is 8.32. The van der Waals surface area contributed by atoms with Crippen molar-refractivity contribution in [2.75, 3.05) is 0 Å². The van der Waals surface area contributed by atoms with Gasteiger partial charge < -0.3 is 0 Å². The fourth-order valence-corrected chi connectivity index (χ4v) is 3.33. The molecular formula is C21H14ClNO2. The molecule has 4 heteroatoms. The lowest BCUT2D eigenvalue weighted by atomic mass is 10.1. The van der Waals surface area contributed by atoms with Crippen molar-refractivity contribution in [1.82, 2.24) is 4.57 Å². The summed E-state index contributed by atoms with van der Waals surface area (Å²) in [7, 11) is 0. The monoisotopic (exact) mass is 347 g/mol. The summed E-state index contributed by atoms with van der Waals surface area (Å²) >= 11 is 6.23. The molecule has 0 N–H and O–H groups in total. The molecule has 4 aromatic rings. The van der Waals surface area contributed by atoms with Crippen LogP contribution in [0.25, 0.3) is 21.5 Å². The third kappa shape index (κ3) is 2.63. The second-order valence-corrected chi connectivity index (χ2v) is 6.29. The summed E-state index contributed by atoms with van der Waals surface area (Å²) in [4.78, 5) is 26.2. The van der Waals surface area contributed by atoms with E-state index >= 15 is 0 Å². The zero-order valence-corrected chi connectivity index (χ0v) is 14.0. The van der Waals surface area contributed by atoms with E-state index in [1.165, 1.54) is 4.57 Å². The van der Waals surface area contributed by atoms with Gasteiger partial charge in [0, 0.05) is 15.8 Å². The van der Waals surface area contributed by atoms with Crippen molar-refractivity contribution in [3.63, 3.8) is 0 Å². The predicted molar refractivity (Wildman–Crippen MR) is 103 cm³/mol. The highest BCUT2D eigenvalue weighted by Gasteiger charge is 2.11. The molecule has 1 heterocycles. The van der Waals surface area contributed by atoms with Crippen LogP contribution >= 0.6 is 11.6 Å². The third-order valence-corrected chi connectivity index (χ3v) is 4.75. The average Bonchev–Trinajstić information content (AvgIpc) is 2.74. The van der Waals surface area contributed by atoms with Crippen molar-refractivity contribution in [2.24, 2.45) is 0 Å². The highest BCUT2D eigenvalue weighted by molar-refractivity contribution is 6.31. The smallest absolute Gasteiger partial charge is 0.261 e. The van der Waals surface area contributed by atoms with Crippen LogP contribution in [0.4, 0.5) is 0 Å². The first kappa shape index (κ1) is 15.6. The molecule has 0 aliphatic rings. The summed E-state index contributed by atoms with van der Waals surface area (Å²) in [6.45, 7) is 0.139. The van der Waals surface area contributed by atoms with Crippen molar-refractivity contribution in [3.8, 4) is 0 Å². The van der Waals surface area contributed by atoms with Crippen LogP contribution in [0, 0.1) is 0 Å². The van der Waals surface area contributed by atoms with Gasteiger partial charge in [0.15, 0.2) is 0 Å². The SMILES string of the molecule is O=c1c2ccccc2c2ccccc2c(=O)n1Cc1ccccc1Cl. The number of halogens is 1. The van der Waals surface area contributed by atoms with E-state index in [4.69, 9.17) is 11.6 Å². The lowest BCUT2D eigenvalue weighted by molar-refractivity contribution is 0.747. The highest BCUT2D eigenvalue weighted by atomic mass is 35.5. The lowest BCUT2D eigenvalue weighted by Gasteiger charge is -2.05. The number of hydrogen-bond acceptors (Lipinski definition) is 2. The standard InChI is InChI=1S/C21H14ClNO2/c22-19-12-6-1-7-14(19)13-23-20(24)17-10-4-2-8-15(17)16-9-3-5-11-18(16)21(23)25/h1-12H,13H2. The van der Waals surface area contributed by atoms with Gasteiger partial charge in [0.2, 0.25) is 0 Å². The summed E-state index contributed by atoms with van der Waals surface area (Å²) in [6, 6.07) is 21.9. The van der Waals surface area contributed by atoms with Gasteiger partial charge in [-0.1, -0.05) is 66.2 Å². The minimum atomic E-state index is -0.309. The largest absolute Gasteiger partial charge is 0.270 e. The van der Waals surface area contributed by atoms with E-state index in [1.807, 2.05) is 54.6 Å². The molecule has 0 aliphatic carbocycles. The zero-order chi connectivity index (χ0) is 17.4. The molecule has 0 fully saturated rings. The van der Waals surface area contributed by atoms with Crippen molar-refractivity contribution in [1.29, 1.82) is 0 Å². The Kier molecular flexibility index (Phi) is 3.86. The maximum atomic E-state index is 13.1. The molecule has 0 unspecified atom stereocenters. The molecule has 0 saturated carbocycles. The summed E-state index contributed by atoms with van der Waals surface area (Å²) in [5.41, 5.74) is 0.121. The molecule has 0 aliphatic heterocycles. The quantitative estimate of drug-likeness (QED) is 0.544. The third-order valence-electron chi connectivity index (χ3n) is 4.38. The topological polar surface area (TPSA) is 39.1 Å². The molecule has 1 aromatic heterocycles. The van der Waals surface area contributed by atoms with Crippen LogP contribution in [0.3, 0.4) is 0 Å². The van der Waals surface area contributed by atoms with Gasteiger partial charge in [0.1, 0.15) is 0 Å². The first-order chi connectivity index (χ1) is 12.2. The molecule has 3 aromatic carbocycles. The Morgan fingerprint density at radius 3 is 1.60 bits per heavy atom. The van der Waals surface area contributed by atoms with E-state index in [0.29, 0.717) is 15.8 Å². The Morgan fingerprint density at radius 1 is 0.640 bits per heavy atom. The summed E-state index contributed by atoms with van der Waals surface area (Å²) < 4.78 is 1.27. The minimum absolute atomic E-state index is 0.139. The van der Waals surface area contributed by atoms with Crippen molar-refractivity contribution < 1.29 is 0 Å². The van der Waals surface area contributed by atoms with Crippen LogP contribution in [0.15, 0.2) is 82.4 Å². The fraction of sp³-hybridized carbons (Fsp3) is 0.0476. The first-order valence-electron chi connectivity index (χ1n) is 7.95. The second-order valence-electron chi connectivity index (χ2n) is 5.88. The van der Waals surface area contributed by atoms with Gasteiger partial charge >= 0.3 is 0 Å². The van der Waals surface area contributed by atoms with E-state index in [9.17, 15) is 9.59 Å². The van der Waals surface area contributed by atoms with Gasteiger partial charge in [-0.3, -0.25) is 14.2 Å². The van der Waals surface area contributed by atoms with Gasteiger partial charge in [-0.25, -0.2) is 0 Å². The summed E-state index contributed by atoms with van der Waals surface area (Å²) in [6.07, 6.45) is 0. The van der Waals surface area contributed by atoms with Crippen LogP contribution in [-0.2, 0) is 6.54 Å². The fourth-order valence-electron chi connectivity index (χ4n) is 3.13. The van der Waals surface area contributed by atoms with Crippen LogP contribution in [0.5, 0.6) is 0 Å². The second kappa shape index (κ2) is 6.19. The number of aromatic nitrogens is 1. The number of rotatable bonds is 2. The molecule has 0 radical (unpaired) electrons. The van der Waals surface area contributed by atoms with E-state index < -0.39 is 0 Å². The average molecular weight is 348 g/mol. The number of nitrogens with zero attached hydrogens (tertiary/aromatic N) is 1. The molecule has 0 saturated heterocycles. The molecule has 0 bridgehead atoms. The maximum absolute atomic E-state index is 13.1. The van der Waals surface area contributed by atoms with E-state index in [2.05, 4.69) is 0 Å². The maximum Gasteiger partial charge on any atom is 0.261 e. The highest BCUT2D eigenvalue weighted by Crippen LogP contribution is 2.20. The van der Waals surface area contributed by atoms with Crippen molar-refractivity contribution >= 4 is 33.1 Å². The van der Waals surface area contributed by atoms with Gasteiger partial charge in [0.05, 0.1) is 6.54 Å². The van der Waals surface area contributed by atoms with Gasteiger partial charge in [-0.05, 0) is 34.5 Å². The molecule has 4 rings (SSSR count). The minimum Gasteiger partial charge on any atom is -0.270 e. The predicted octanol–water partition coefficient (Wildman–Crippen LogP) is 4.22. The molecule has 0 atom stereocenters. The molecular weight excluding hydrogens is 334 g/mol. The van der Waals surface area contributed by atoms with Crippen LogP contribution in [0.1, 0.15) is 5.56 Å². The van der Waals surface area contributed by atoms with E-state index in [-0.39, 0.29) is 17.7 Å². The zero-order valence-electron chi connectivity index (χ0n) is 13.3. The molecule has 3 nitrogen and oxygen atoms in total. The van der Waals surface area contributed by atoms with Crippen LogP contribution in [0.2, 0.25) is 5.02 Å². The van der Waals surface area contributed by atoms with Crippen molar-refractivity contribution in [3.05, 3.63) is 104 Å². The Hall–Kier alpha value is -2.91. The summed E-state index contributed by atoms with van der Waals surface area (Å²) in [5.74, 6) is 0. The van der Waals surface area contributed by atoms with Crippen LogP contribution < -0.4 is 11.1 Å².